The molecule has 16 heavy (non-hydrogen) atoms. The van der Waals surface area contributed by atoms with Crippen LogP contribution < -0.4 is 0 Å². The minimum Gasteiger partial charge on any atom is -0.465 e. The summed E-state index contributed by atoms with van der Waals surface area (Å²) < 4.78 is 13.7. The summed E-state index contributed by atoms with van der Waals surface area (Å²) in [4.78, 5) is 12.3. The second-order valence-electron chi connectivity index (χ2n) is 3.87. The third kappa shape index (κ3) is 1.80. The highest BCUT2D eigenvalue weighted by Gasteiger charge is 2.28. The van der Waals surface area contributed by atoms with Crippen LogP contribution in [0, 0.1) is 5.82 Å². The largest absolute Gasteiger partial charge is 0.465 e. The number of rotatable bonds is 0. The van der Waals surface area contributed by atoms with E-state index in [1.807, 2.05) is 6.92 Å². The van der Waals surface area contributed by atoms with Crippen molar-refractivity contribution in [1.82, 2.24) is 4.90 Å². The van der Waals surface area contributed by atoms with Crippen LogP contribution in [0.4, 0.5) is 9.18 Å². The molecule has 0 spiro atoms. The van der Waals surface area contributed by atoms with Crippen LogP contribution in [0.1, 0.15) is 24.1 Å². The van der Waals surface area contributed by atoms with Crippen LogP contribution in [0.3, 0.4) is 0 Å². The topological polar surface area (TPSA) is 40.5 Å². The Hall–Kier alpha value is -1.10. The Morgan fingerprint density at radius 2 is 2.31 bits per heavy atom. The number of hydrogen-bond acceptors (Lipinski definition) is 1. The lowest BCUT2D eigenvalue weighted by Crippen LogP contribution is -2.37. The fraction of sp³-hybridized carbons (Fsp3) is 0.364. The molecule has 3 nitrogen and oxygen atoms in total. The summed E-state index contributed by atoms with van der Waals surface area (Å²) in [5.41, 5.74) is 1.77. The van der Waals surface area contributed by atoms with Gasteiger partial charge in [-0.2, -0.15) is 0 Å². The molecule has 0 fully saturated rings. The zero-order valence-corrected chi connectivity index (χ0v) is 10.3. The molecule has 1 heterocycles. The van der Waals surface area contributed by atoms with Gasteiger partial charge in [-0.3, -0.25) is 0 Å². The van der Waals surface area contributed by atoms with Crippen molar-refractivity contribution in [3.05, 3.63) is 33.5 Å². The number of hydrogen-bond donors (Lipinski definition) is 1. The first-order chi connectivity index (χ1) is 7.50. The summed E-state index contributed by atoms with van der Waals surface area (Å²) in [6.45, 7) is 2.24. The molecule has 0 aliphatic carbocycles. The smallest absolute Gasteiger partial charge is 0.407 e. The van der Waals surface area contributed by atoms with E-state index in [4.69, 9.17) is 5.11 Å². The number of carbonyl (C=O) groups is 1. The minimum absolute atomic E-state index is 0.224. The quantitative estimate of drug-likeness (QED) is 0.796. The molecule has 0 aromatic heterocycles. The number of fused-ring (bicyclic) bond motifs is 1. The molecule has 1 aromatic carbocycles. The maximum atomic E-state index is 13.3. The van der Waals surface area contributed by atoms with Gasteiger partial charge in [-0.25, -0.2) is 9.18 Å². The average molecular weight is 288 g/mol. The van der Waals surface area contributed by atoms with Crippen LogP contribution >= 0.6 is 15.9 Å². The third-order valence-corrected chi connectivity index (χ3v) is 3.58. The molecule has 1 aliphatic rings. The molecule has 2 rings (SSSR count). The zero-order chi connectivity index (χ0) is 11.9. The van der Waals surface area contributed by atoms with E-state index in [1.54, 1.807) is 6.07 Å². The molecule has 86 valence electrons. The fourth-order valence-electron chi connectivity index (χ4n) is 2.07. The minimum atomic E-state index is -0.932. The van der Waals surface area contributed by atoms with Crippen molar-refractivity contribution >= 4 is 22.0 Å². The van der Waals surface area contributed by atoms with Gasteiger partial charge in [0, 0.05) is 6.54 Å². The first-order valence-electron chi connectivity index (χ1n) is 4.98. The van der Waals surface area contributed by atoms with Gasteiger partial charge < -0.3 is 10.0 Å². The number of amides is 1. The maximum absolute atomic E-state index is 13.3. The predicted octanol–water partition coefficient (Wildman–Crippen LogP) is 3.19. The lowest BCUT2D eigenvalue weighted by Gasteiger charge is -2.33. The monoisotopic (exact) mass is 287 g/mol. The summed E-state index contributed by atoms with van der Waals surface area (Å²) in [5.74, 6) is -0.297. The molecular weight excluding hydrogens is 277 g/mol. The van der Waals surface area contributed by atoms with Gasteiger partial charge in [-0.05, 0) is 52.5 Å². The van der Waals surface area contributed by atoms with Crippen LogP contribution in [-0.2, 0) is 6.42 Å². The molecule has 1 unspecified atom stereocenters. The lowest BCUT2D eigenvalue weighted by atomic mass is 9.94. The van der Waals surface area contributed by atoms with Gasteiger partial charge >= 0.3 is 6.09 Å². The van der Waals surface area contributed by atoms with Crippen molar-refractivity contribution in [2.45, 2.75) is 19.4 Å². The van der Waals surface area contributed by atoms with E-state index < -0.39 is 6.09 Å². The molecule has 0 saturated carbocycles. The Labute approximate surface area is 101 Å². The van der Waals surface area contributed by atoms with Gasteiger partial charge in [0.2, 0.25) is 0 Å². The van der Waals surface area contributed by atoms with E-state index >= 15 is 0 Å². The zero-order valence-electron chi connectivity index (χ0n) is 8.70. The Morgan fingerprint density at radius 3 is 2.94 bits per heavy atom. The van der Waals surface area contributed by atoms with Crippen molar-refractivity contribution in [3.63, 3.8) is 0 Å². The van der Waals surface area contributed by atoms with E-state index in [1.165, 1.54) is 11.0 Å². The van der Waals surface area contributed by atoms with Crippen molar-refractivity contribution in [2.24, 2.45) is 0 Å². The van der Waals surface area contributed by atoms with Crippen molar-refractivity contribution < 1.29 is 14.3 Å². The second kappa shape index (κ2) is 4.05. The first kappa shape index (κ1) is 11.4. The molecule has 1 aliphatic heterocycles. The summed E-state index contributed by atoms with van der Waals surface area (Å²) in [6.07, 6.45) is -0.366. The van der Waals surface area contributed by atoms with E-state index in [0.717, 1.165) is 11.1 Å². The van der Waals surface area contributed by atoms with E-state index in [0.29, 0.717) is 17.4 Å². The third-order valence-electron chi connectivity index (χ3n) is 2.97. The number of benzene rings is 1. The molecule has 0 bridgehead atoms. The fourth-order valence-corrected chi connectivity index (χ4v) is 2.43. The van der Waals surface area contributed by atoms with E-state index in [2.05, 4.69) is 15.9 Å². The Kier molecular flexibility index (Phi) is 2.88. The molecule has 1 N–H and O–H groups in total. The highest BCUT2D eigenvalue weighted by Crippen LogP contribution is 2.32. The number of nitrogens with zero attached hydrogens (tertiary/aromatic N) is 1. The van der Waals surface area contributed by atoms with Gasteiger partial charge in [0.25, 0.3) is 0 Å². The molecule has 5 heteroatoms. The van der Waals surface area contributed by atoms with Crippen LogP contribution in [-0.4, -0.2) is 22.6 Å². The highest BCUT2D eigenvalue weighted by atomic mass is 79.9. The summed E-state index contributed by atoms with van der Waals surface area (Å²) in [5, 5.41) is 9.00. The highest BCUT2D eigenvalue weighted by molar-refractivity contribution is 9.10. The van der Waals surface area contributed by atoms with Crippen LogP contribution in [0.5, 0.6) is 0 Å². The molecule has 0 radical (unpaired) electrons. The normalized spacial score (nSPS) is 19.4. The van der Waals surface area contributed by atoms with E-state index in [9.17, 15) is 9.18 Å². The number of carboxylic acid groups (broad SMARTS) is 1. The molecule has 0 saturated heterocycles. The molecule has 1 atom stereocenters. The van der Waals surface area contributed by atoms with Crippen LogP contribution in [0.25, 0.3) is 0 Å². The molecule has 1 amide bonds. The van der Waals surface area contributed by atoms with Gasteiger partial charge in [0.05, 0.1) is 10.5 Å². The van der Waals surface area contributed by atoms with Crippen molar-refractivity contribution in [1.29, 1.82) is 0 Å². The molecule has 1 aromatic rings. The standard InChI is InChI=1S/C11H11BrFNO2/c1-6-8-5-9(12)10(13)4-7(8)2-3-14(6)11(15)16/h4-6H,2-3H2,1H3,(H,15,16). The summed E-state index contributed by atoms with van der Waals surface area (Å²) in [6, 6.07) is 2.93. The van der Waals surface area contributed by atoms with Gasteiger partial charge in [0.1, 0.15) is 5.82 Å². The summed E-state index contributed by atoms with van der Waals surface area (Å²) >= 11 is 3.12. The van der Waals surface area contributed by atoms with Crippen LogP contribution in [0.15, 0.2) is 16.6 Å². The summed E-state index contributed by atoms with van der Waals surface area (Å²) in [7, 11) is 0. The Balaban J connectivity index is 2.44. The van der Waals surface area contributed by atoms with Gasteiger partial charge in [-0.1, -0.05) is 0 Å². The average Bonchev–Trinajstić information content (AvgIpc) is 2.21. The van der Waals surface area contributed by atoms with E-state index in [-0.39, 0.29) is 11.9 Å². The van der Waals surface area contributed by atoms with Gasteiger partial charge in [-0.15, -0.1) is 0 Å². The SMILES string of the molecule is CC1c2cc(Br)c(F)cc2CCN1C(=O)O. The predicted molar refractivity (Wildman–Crippen MR) is 60.9 cm³/mol. The van der Waals surface area contributed by atoms with Gasteiger partial charge in [0.15, 0.2) is 0 Å². The van der Waals surface area contributed by atoms with Crippen molar-refractivity contribution in [2.75, 3.05) is 6.54 Å². The molecular formula is C11H11BrFNO2. The Morgan fingerprint density at radius 1 is 1.62 bits per heavy atom. The van der Waals surface area contributed by atoms with Crippen LogP contribution in [0.2, 0.25) is 0 Å². The lowest BCUT2D eigenvalue weighted by molar-refractivity contribution is 0.124. The Bertz CT molecular complexity index is 450. The number of halogens is 2. The second-order valence-corrected chi connectivity index (χ2v) is 4.72. The maximum Gasteiger partial charge on any atom is 0.407 e. The first-order valence-corrected chi connectivity index (χ1v) is 5.77. The van der Waals surface area contributed by atoms with Crippen molar-refractivity contribution in [3.8, 4) is 0 Å².